The SMILES string of the molecule is C[C@H](Oc1ccc(S(=O)(=O)N2CCCC2)cc1[N+](=O)[O-])C(=O)Nc1ccc(S(N)(=O)=O)cc1. The van der Waals surface area contributed by atoms with Crippen LogP contribution in [0.5, 0.6) is 5.75 Å². The Balaban J connectivity index is 1.76. The number of ether oxygens (including phenoxy) is 1. The van der Waals surface area contributed by atoms with Crippen molar-refractivity contribution >= 4 is 37.3 Å². The van der Waals surface area contributed by atoms with Crippen molar-refractivity contribution in [2.45, 2.75) is 35.7 Å². The Morgan fingerprint density at radius 3 is 2.21 bits per heavy atom. The topological polar surface area (TPSA) is 179 Å². The highest BCUT2D eigenvalue weighted by Gasteiger charge is 2.30. The molecule has 2 aromatic carbocycles. The predicted molar refractivity (Wildman–Crippen MR) is 118 cm³/mol. The number of nitro benzene ring substituents is 1. The minimum atomic E-state index is -3.88. The number of nitrogens with two attached hydrogens (primary N) is 1. The Kier molecular flexibility index (Phi) is 7.02. The van der Waals surface area contributed by atoms with E-state index in [0.717, 1.165) is 25.0 Å². The molecule has 0 aromatic heterocycles. The predicted octanol–water partition coefficient (Wildman–Crippen LogP) is 1.43. The van der Waals surface area contributed by atoms with E-state index in [1.807, 2.05) is 0 Å². The van der Waals surface area contributed by atoms with Crippen LogP contribution in [-0.4, -0.2) is 51.2 Å². The smallest absolute Gasteiger partial charge is 0.312 e. The molecule has 3 rings (SSSR count). The van der Waals surface area contributed by atoms with Crippen LogP contribution in [0.15, 0.2) is 52.3 Å². The van der Waals surface area contributed by atoms with Crippen LogP contribution in [0.25, 0.3) is 0 Å². The van der Waals surface area contributed by atoms with E-state index >= 15 is 0 Å². The van der Waals surface area contributed by atoms with Gasteiger partial charge in [-0.15, -0.1) is 0 Å². The van der Waals surface area contributed by atoms with E-state index in [1.165, 1.54) is 41.6 Å². The second kappa shape index (κ2) is 9.43. The monoisotopic (exact) mass is 498 g/mol. The lowest BCUT2D eigenvalue weighted by atomic mass is 10.2. The van der Waals surface area contributed by atoms with Gasteiger partial charge in [0.25, 0.3) is 5.91 Å². The summed E-state index contributed by atoms with van der Waals surface area (Å²) in [7, 11) is -7.75. The van der Waals surface area contributed by atoms with E-state index in [9.17, 15) is 31.7 Å². The minimum Gasteiger partial charge on any atom is -0.474 e. The zero-order valence-electron chi connectivity index (χ0n) is 17.5. The van der Waals surface area contributed by atoms with Crippen molar-refractivity contribution in [2.75, 3.05) is 18.4 Å². The third-order valence-corrected chi connectivity index (χ3v) is 7.78. The zero-order valence-corrected chi connectivity index (χ0v) is 19.1. The summed E-state index contributed by atoms with van der Waals surface area (Å²) in [5, 5.41) is 19.0. The van der Waals surface area contributed by atoms with Gasteiger partial charge in [0.15, 0.2) is 11.9 Å². The van der Waals surface area contributed by atoms with Crippen LogP contribution in [0.4, 0.5) is 11.4 Å². The first-order valence-corrected chi connectivity index (χ1v) is 12.8. The van der Waals surface area contributed by atoms with E-state index in [4.69, 9.17) is 9.88 Å². The zero-order chi connectivity index (χ0) is 24.4. The van der Waals surface area contributed by atoms with Gasteiger partial charge in [-0.05, 0) is 56.2 Å². The van der Waals surface area contributed by atoms with Gasteiger partial charge in [-0.2, -0.15) is 4.31 Å². The summed E-state index contributed by atoms with van der Waals surface area (Å²) in [5.41, 5.74) is -0.336. The quantitative estimate of drug-likeness (QED) is 0.405. The molecule has 33 heavy (non-hydrogen) atoms. The number of rotatable bonds is 8. The molecule has 0 aliphatic carbocycles. The molecule has 1 saturated heterocycles. The van der Waals surface area contributed by atoms with Gasteiger partial charge in [0.05, 0.1) is 14.7 Å². The Bertz CT molecular complexity index is 1270. The molecule has 0 radical (unpaired) electrons. The number of nitrogens with zero attached hydrogens (tertiary/aromatic N) is 2. The van der Waals surface area contributed by atoms with Crippen LogP contribution in [-0.2, 0) is 24.8 Å². The maximum absolute atomic E-state index is 12.7. The molecule has 178 valence electrons. The van der Waals surface area contributed by atoms with Crippen molar-refractivity contribution in [2.24, 2.45) is 5.14 Å². The van der Waals surface area contributed by atoms with Crippen molar-refractivity contribution in [1.82, 2.24) is 4.31 Å². The molecule has 0 unspecified atom stereocenters. The van der Waals surface area contributed by atoms with E-state index in [2.05, 4.69) is 5.32 Å². The summed E-state index contributed by atoms with van der Waals surface area (Å²) in [5.74, 6) is -0.936. The Morgan fingerprint density at radius 1 is 1.09 bits per heavy atom. The van der Waals surface area contributed by atoms with Crippen molar-refractivity contribution in [1.29, 1.82) is 0 Å². The molecule has 1 amide bonds. The van der Waals surface area contributed by atoms with Crippen LogP contribution < -0.4 is 15.2 Å². The summed E-state index contributed by atoms with van der Waals surface area (Å²) >= 11 is 0. The fourth-order valence-electron chi connectivity index (χ4n) is 3.19. The third kappa shape index (κ3) is 5.65. The maximum Gasteiger partial charge on any atom is 0.312 e. The van der Waals surface area contributed by atoms with E-state index < -0.39 is 42.7 Å². The van der Waals surface area contributed by atoms with Crippen LogP contribution in [0.2, 0.25) is 0 Å². The first kappa shape index (κ1) is 24.6. The number of primary sulfonamides is 1. The normalized spacial score (nSPS) is 15.7. The van der Waals surface area contributed by atoms with Gasteiger partial charge in [0.1, 0.15) is 0 Å². The van der Waals surface area contributed by atoms with Gasteiger partial charge in [-0.1, -0.05) is 0 Å². The number of amides is 1. The molecule has 1 aliphatic rings. The number of carbonyl (C=O) groups is 1. The van der Waals surface area contributed by atoms with Gasteiger partial charge in [-0.3, -0.25) is 14.9 Å². The van der Waals surface area contributed by atoms with Crippen molar-refractivity contribution in [3.63, 3.8) is 0 Å². The number of carbonyl (C=O) groups excluding carboxylic acids is 1. The van der Waals surface area contributed by atoms with Gasteiger partial charge in [0.2, 0.25) is 20.0 Å². The van der Waals surface area contributed by atoms with Crippen LogP contribution in [0.1, 0.15) is 19.8 Å². The molecule has 0 bridgehead atoms. The van der Waals surface area contributed by atoms with Crippen LogP contribution in [0, 0.1) is 10.1 Å². The number of anilines is 1. The average molecular weight is 499 g/mol. The first-order valence-electron chi connectivity index (χ1n) is 9.78. The highest BCUT2D eigenvalue weighted by atomic mass is 32.2. The number of sulfonamides is 2. The molecule has 0 saturated carbocycles. The summed E-state index contributed by atoms with van der Waals surface area (Å²) in [4.78, 5) is 22.8. The lowest BCUT2D eigenvalue weighted by Crippen LogP contribution is -2.30. The molecule has 1 aliphatic heterocycles. The Labute approximate surface area is 190 Å². The molecule has 1 atom stereocenters. The molecular formula is C19H22N4O8S2. The summed E-state index contributed by atoms with van der Waals surface area (Å²) in [6.45, 7) is 2.06. The Morgan fingerprint density at radius 2 is 1.67 bits per heavy atom. The number of nitrogens with one attached hydrogen (secondary N) is 1. The molecular weight excluding hydrogens is 476 g/mol. The average Bonchev–Trinajstić information content (AvgIpc) is 3.29. The minimum absolute atomic E-state index is 0.135. The van der Waals surface area contributed by atoms with Crippen molar-refractivity contribution in [3.05, 3.63) is 52.6 Å². The van der Waals surface area contributed by atoms with Crippen molar-refractivity contribution in [3.8, 4) is 5.75 Å². The number of hydrogen-bond acceptors (Lipinski definition) is 8. The first-order chi connectivity index (χ1) is 15.4. The highest BCUT2D eigenvalue weighted by molar-refractivity contribution is 7.89. The second-order valence-electron chi connectivity index (χ2n) is 7.32. The van der Waals surface area contributed by atoms with Crippen molar-refractivity contribution < 1.29 is 31.3 Å². The van der Waals surface area contributed by atoms with E-state index in [-0.39, 0.29) is 21.2 Å². The standard InChI is InChI=1S/C19H22N4O8S2/c1-13(19(24)21-14-4-6-15(7-5-14)32(20,27)28)31-18-9-8-16(12-17(18)23(25)26)33(29,30)22-10-2-3-11-22/h4-9,12-13H,2-3,10-11H2,1H3,(H,21,24)(H2,20,27,28)/t13-/m0/s1. The lowest BCUT2D eigenvalue weighted by molar-refractivity contribution is -0.386. The van der Waals surface area contributed by atoms with Crippen LogP contribution in [0.3, 0.4) is 0 Å². The number of nitro groups is 1. The molecule has 14 heteroatoms. The highest BCUT2D eigenvalue weighted by Crippen LogP contribution is 2.32. The molecule has 0 spiro atoms. The summed E-state index contributed by atoms with van der Waals surface area (Å²) in [6.07, 6.45) is 0.252. The van der Waals surface area contributed by atoms with Gasteiger partial charge >= 0.3 is 5.69 Å². The molecule has 1 fully saturated rings. The fourth-order valence-corrected chi connectivity index (χ4v) is 5.25. The summed E-state index contributed by atoms with van der Waals surface area (Å²) < 4.78 is 54.7. The molecule has 2 aromatic rings. The second-order valence-corrected chi connectivity index (χ2v) is 10.8. The Hall–Kier alpha value is -3.07. The fraction of sp³-hybridized carbons (Fsp3) is 0.316. The van der Waals surface area contributed by atoms with Gasteiger partial charge in [-0.25, -0.2) is 22.0 Å². The molecule has 3 N–H and O–H groups in total. The maximum atomic E-state index is 12.7. The third-order valence-electron chi connectivity index (χ3n) is 4.95. The van der Waals surface area contributed by atoms with E-state index in [1.54, 1.807) is 0 Å². The van der Waals surface area contributed by atoms with Gasteiger partial charge in [0, 0.05) is 24.8 Å². The molecule has 1 heterocycles. The van der Waals surface area contributed by atoms with E-state index in [0.29, 0.717) is 13.1 Å². The largest absolute Gasteiger partial charge is 0.474 e. The number of hydrogen-bond donors (Lipinski definition) is 2. The molecule has 12 nitrogen and oxygen atoms in total. The lowest BCUT2D eigenvalue weighted by Gasteiger charge is -2.17. The number of benzene rings is 2. The van der Waals surface area contributed by atoms with Crippen LogP contribution >= 0.6 is 0 Å². The summed E-state index contributed by atoms with van der Waals surface area (Å²) in [6, 6.07) is 8.33. The van der Waals surface area contributed by atoms with Gasteiger partial charge < -0.3 is 10.1 Å².